The van der Waals surface area contributed by atoms with Gasteiger partial charge in [0.2, 0.25) is 11.8 Å². The van der Waals surface area contributed by atoms with Crippen molar-refractivity contribution in [1.29, 1.82) is 0 Å². The molecule has 0 saturated carbocycles. The van der Waals surface area contributed by atoms with E-state index in [2.05, 4.69) is 78.0 Å². The molecule has 0 radical (unpaired) electrons. The largest absolute Gasteiger partial charge is 0.352 e. The van der Waals surface area contributed by atoms with Crippen molar-refractivity contribution in [1.82, 2.24) is 15.1 Å². The topological polar surface area (TPSA) is 81.8 Å². The van der Waals surface area contributed by atoms with E-state index in [9.17, 15) is 14.4 Å². The van der Waals surface area contributed by atoms with Crippen molar-refractivity contribution in [3.05, 3.63) is 64.6 Å². The Morgan fingerprint density at radius 2 is 1.16 bits per heavy atom. The number of allylic oxidation sites excluding steroid dienone is 8. The second-order valence-electron chi connectivity index (χ2n) is 16.2. The first kappa shape index (κ1) is 50.2. The van der Waals surface area contributed by atoms with Crippen LogP contribution in [0.1, 0.15) is 195 Å². The van der Waals surface area contributed by atoms with Crippen LogP contribution in [0.5, 0.6) is 0 Å². The molecule has 0 atom stereocenters. The van der Waals surface area contributed by atoms with Gasteiger partial charge in [-0.2, -0.15) is 0 Å². The molecule has 322 valence electrons. The van der Waals surface area contributed by atoms with E-state index in [0.29, 0.717) is 49.5 Å². The van der Waals surface area contributed by atoms with Crippen LogP contribution in [-0.4, -0.2) is 61.3 Å². The van der Waals surface area contributed by atoms with Gasteiger partial charge in [0.15, 0.2) is 0 Å². The van der Waals surface area contributed by atoms with E-state index >= 15 is 0 Å². The Hall–Kier alpha value is -2.97. The maximum Gasteiger partial charge on any atom is 0.254 e. The van der Waals surface area contributed by atoms with Crippen molar-refractivity contribution in [3.8, 4) is 0 Å². The molecule has 1 aliphatic heterocycles. The van der Waals surface area contributed by atoms with Gasteiger partial charge in [-0.15, -0.1) is 11.3 Å². The van der Waals surface area contributed by atoms with E-state index in [4.69, 9.17) is 0 Å². The van der Waals surface area contributed by atoms with Crippen LogP contribution >= 0.6 is 11.3 Å². The van der Waals surface area contributed by atoms with Crippen LogP contribution in [0, 0.1) is 0 Å². The zero-order chi connectivity index (χ0) is 41.2. The molecule has 2 rings (SSSR count). The van der Waals surface area contributed by atoms with Crippen LogP contribution in [0.2, 0.25) is 0 Å². The first-order chi connectivity index (χ1) is 27.9. The Labute approximate surface area is 353 Å². The molecule has 8 heteroatoms. The van der Waals surface area contributed by atoms with Crippen molar-refractivity contribution in [2.45, 2.75) is 187 Å². The van der Waals surface area contributed by atoms with Gasteiger partial charge in [0.05, 0.1) is 12.1 Å². The van der Waals surface area contributed by atoms with Gasteiger partial charge in [0.1, 0.15) is 5.00 Å². The lowest BCUT2D eigenvalue weighted by Gasteiger charge is -2.27. The van der Waals surface area contributed by atoms with Gasteiger partial charge < -0.3 is 20.4 Å². The van der Waals surface area contributed by atoms with Crippen molar-refractivity contribution < 1.29 is 14.4 Å². The highest BCUT2D eigenvalue weighted by Gasteiger charge is 2.30. The number of nitrogens with one attached hydrogen (secondary N) is 2. The maximum absolute atomic E-state index is 13.6. The minimum absolute atomic E-state index is 0.0322. The number of anilines is 1. The molecule has 0 unspecified atom stereocenters. The van der Waals surface area contributed by atoms with Crippen LogP contribution in [0.25, 0.3) is 0 Å². The molecule has 1 aromatic rings. The number of thiophene rings is 1. The highest BCUT2D eigenvalue weighted by molar-refractivity contribution is 7.17. The van der Waals surface area contributed by atoms with Crippen molar-refractivity contribution >= 4 is 34.1 Å². The summed E-state index contributed by atoms with van der Waals surface area (Å²) >= 11 is 1.48. The summed E-state index contributed by atoms with van der Waals surface area (Å²) in [4.78, 5) is 45.0. The highest BCUT2D eigenvalue weighted by atomic mass is 32.1. The summed E-state index contributed by atoms with van der Waals surface area (Å²) in [6.45, 7) is 7.09. The Morgan fingerprint density at radius 1 is 0.649 bits per heavy atom. The molecule has 0 saturated heterocycles. The smallest absolute Gasteiger partial charge is 0.254 e. The predicted molar refractivity (Wildman–Crippen MR) is 246 cm³/mol. The first-order valence-electron chi connectivity index (χ1n) is 23.1. The summed E-state index contributed by atoms with van der Waals surface area (Å²) in [7, 11) is 4.06. The molecule has 2 N–H and O–H groups in total. The molecule has 3 amide bonds. The second kappa shape index (κ2) is 33.9. The van der Waals surface area contributed by atoms with E-state index in [0.717, 1.165) is 81.2 Å². The number of hydrogen-bond acceptors (Lipinski definition) is 5. The minimum Gasteiger partial charge on any atom is -0.352 e. The number of unbranched alkanes of at least 4 members (excludes halogenated alkanes) is 16. The van der Waals surface area contributed by atoms with Crippen LogP contribution in [-0.2, 0) is 22.6 Å². The summed E-state index contributed by atoms with van der Waals surface area (Å²) in [6.07, 6.45) is 46.3. The molecule has 0 fully saturated rings. The van der Waals surface area contributed by atoms with Gasteiger partial charge in [-0.3, -0.25) is 14.4 Å². The molecule has 2 heterocycles. The molecular weight excluding hydrogens is 725 g/mol. The van der Waals surface area contributed by atoms with Crippen molar-refractivity contribution in [2.24, 2.45) is 0 Å². The summed E-state index contributed by atoms with van der Waals surface area (Å²) in [5.74, 6) is 0.0417. The van der Waals surface area contributed by atoms with Crippen LogP contribution in [0.3, 0.4) is 0 Å². The van der Waals surface area contributed by atoms with E-state index in [-0.39, 0.29) is 17.7 Å². The zero-order valence-electron chi connectivity index (χ0n) is 36.9. The first-order valence-corrected chi connectivity index (χ1v) is 23.9. The van der Waals surface area contributed by atoms with Crippen LogP contribution < -0.4 is 10.6 Å². The monoisotopic (exact) mass is 807 g/mol. The fourth-order valence-corrected chi connectivity index (χ4v) is 8.44. The van der Waals surface area contributed by atoms with E-state index in [1.165, 1.54) is 94.8 Å². The van der Waals surface area contributed by atoms with E-state index in [1.807, 2.05) is 19.0 Å². The van der Waals surface area contributed by atoms with E-state index in [1.54, 1.807) is 0 Å². The molecule has 0 spiro atoms. The SMILES string of the molecule is CCCCC/C=C/C/C=C/CCCCCCCC(=O)Nc1sc2c(c1C(=O)NCCCN(C)C)CCN(C(=O)CCCCCCC/C=C/C/C=C/CCCCC)C2. The van der Waals surface area contributed by atoms with Gasteiger partial charge in [-0.1, -0.05) is 127 Å². The number of carbonyl (C=O) groups is 3. The fourth-order valence-electron chi connectivity index (χ4n) is 7.16. The summed E-state index contributed by atoms with van der Waals surface area (Å²) < 4.78 is 0. The number of rotatable bonds is 34. The Balaban J connectivity index is 1.76. The maximum atomic E-state index is 13.6. The Kier molecular flexibility index (Phi) is 29.9. The molecular formula is C49H82N4O3S. The predicted octanol–water partition coefficient (Wildman–Crippen LogP) is 12.9. The fraction of sp³-hybridized carbons (Fsp3) is 0.694. The molecule has 57 heavy (non-hydrogen) atoms. The molecule has 0 aliphatic carbocycles. The minimum atomic E-state index is -0.122. The van der Waals surface area contributed by atoms with Gasteiger partial charge >= 0.3 is 0 Å². The third-order valence-electron chi connectivity index (χ3n) is 10.7. The normalized spacial score (nSPS) is 13.2. The van der Waals surface area contributed by atoms with Gasteiger partial charge in [-0.25, -0.2) is 0 Å². The third-order valence-corrected chi connectivity index (χ3v) is 11.8. The van der Waals surface area contributed by atoms with Gasteiger partial charge in [-0.05, 0) is 116 Å². The summed E-state index contributed by atoms with van der Waals surface area (Å²) in [6, 6.07) is 0. The number of carbonyl (C=O) groups excluding carboxylic acids is 3. The molecule has 0 bridgehead atoms. The van der Waals surface area contributed by atoms with Crippen molar-refractivity contribution in [3.63, 3.8) is 0 Å². The molecule has 7 nitrogen and oxygen atoms in total. The standard InChI is InChI=1S/C49H82N4O3S/c1-5-7-9-11-13-15-17-19-21-23-25-27-29-31-33-36-45(54)51-49-47(48(56)50-39-35-40-52(3)4)43-38-41-53(42-44(43)57-49)46(55)37-34-32-30-28-26-24-22-20-18-16-14-12-10-8-6-2/h13-16,19-22H,5-12,17-18,23-42H2,1-4H3,(H,50,56)(H,51,54)/b15-13+,16-14+,21-19+,22-20+. The van der Waals surface area contributed by atoms with Crippen molar-refractivity contribution in [2.75, 3.05) is 39.0 Å². The Bertz CT molecular complexity index is 1340. The lowest BCUT2D eigenvalue weighted by Crippen LogP contribution is -2.36. The van der Waals surface area contributed by atoms with Crippen LogP contribution in [0.15, 0.2) is 48.6 Å². The molecule has 1 aliphatic rings. The summed E-state index contributed by atoms with van der Waals surface area (Å²) in [5, 5.41) is 6.86. The summed E-state index contributed by atoms with van der Waals surface area (Å²) in [5.41, 5.74) is 1.60. The zero-order valence-corrected chi connectivity index (χ0v) is 37.7. The highest BCUT2D eigenvalue weighted by Crippen LogP contribution is 2.37. The average Bonchev–Trinajstić information content (AvgIpc) is 3.56. The lowest BCUT2D eigenvalue weighted by molar-refractivity contribution is -0.132. The second-order valence-corrected chi connectivity index (χ2v) is 17.3. The Morgan fingerprint density at radius 3 is 1.70 bits per heavy atom. The van der Waals surface area contributed by atoms with E-state index < -0.39 is 0 Å². The number of fused-ring (bicyclic) bond motifs is 1. The quantitative estimate of drug-likeness (QED) is 0.0537. The van der Waals surface area contributed by atoms with Gasteiger partial charge in [0, 0.05) is 30.8 Å². The van der Waals surface area contributed by atoms with Gasteiger partial charge in [0.25, 0.3) is 5.91 Å². The number of nitrogens with zero attached hydrogens (tertiary/aromatic N) is 2. The number of hydrogen-bond donors (Lipinski definition) is 2. The third kappa shape index (κ3) is 24.5. The molecule has 0 aromatic carbocycles. The van der Waals surface area contributed by atoms with Crippen LogP contribution in [0.4, 0.5) is 5.00 Å². The average molecular weight is 807 g/mol. The molecule has 1 aromatic heterocycles. The lowest BCUT2D eigenvalue weighted by atomic mass is 10.0. The number of amides is 3.